The Hall–Kier alpha value is -3.08. The van der Waals surface area contributed by atoms with Crippen molar-refractivity contribution < 1.29 is 9.53 Å². The van der Waals surface area contributed by atoms with Crippen LogP contribution in [0.3, 0.4) is 0 Å². The molecule has 0 spiro atoms. The number of carbonyl (C=O) groups excluding carboxylic acids is 1. The van der Waals surface area contributed by atoms with Gasteiger partial charge < -0.3 is 9.30 Å². The van der Waals surface area contributed by atoms with Crippen molar-refractivity contribution in [3.63, 3.8) is 0 Å². The van der Waals surface area contributed by atoms with Crippen LogP contribution >= 0.6 is 0 Å². The summed E-state index contributed by atoms with van der Waals surface area (Å²) < 4.78 is 7.44. The van der Waals surface area contributed by atoms with Crippen LogP contribution in [0.2, 0.25) is 0 Å². The number of benzene rings is 2. The average Bonchev–Trinajstić information content (AvgIpc) is 2.92. The lowest BCUT2D eigenvalue weighted by Gasteiger charge is -2.06. The number of carbonyl (C=O) groups is 1. The molecule has 0 bridgehead atoms. The van der Waals surface area contributed by atoms with Gasteiger partial charge in [-0.1, -0.05) is 30.3 Å². The molecule has 128 valence electrons. The van der Waals surface area contributed by atoms with Gasteiger partial charge in [0.15, 0.2) is 0 Å². The van der Waals surface area contributed by atoms with E-state index in [4.69, 9.17) is 4.74 Å². The number of aromatic nitrogens is 1. The topological polar surface area (TPSA) is 55.6 Å². The van der Waals surface area contributed by atoms with Crippen LogP contribution in [0.1, 0.15) is 28.5 Å². The SMILES string of the molecule is CCn1c(C)c(/C=N/NC(=O)c2ccccc2OC)c2ccccc21. The van der Waals surface area contributed by atoms with Crippen molar-refractivity contribution in [3.8, 4) is 5.75 Å². The molecule has 3 aromatic rings. The molecule has 1 amide bonds. The Labute approximate surface area is 146 Å². The van der Waals surface area contributed by atoms with E-state index < -0.39 is 0 Å². The summed E-state index contributed by atoms with van der Waals surface area (Å²) in [5.41, 5.74) is 6.34. The molecule has 5 heteroatoms. The van der Waals surface area contributed by atoms with Gasteiger partial charge >= 0.3 is 0 Å². The Balaban J connectivity index is 1.87. The molecule has 2 aromatic carbocycles. The summed E-state index contributed by atoms with van der Waals surface area (Å²) in [5, 5.41) is 5.28. The lowest BCUT2D eigenvalue weighted by atomic mass is 10.1. The Morgan fingerprint density at radius 2 is 1.92 bits per heavy atom. The van der Waals surface area contributed by atoms with Crippen molar-refractivity contribution in [1.82, 2.24) is 9.99 Å². The van der Waals surface area contributed by atoms with Gasteiger partial charge in [0.2, 0.25) is 0 Å². The summed E-state index contributed by atoms with van der Waals surface area (Å²) >= 11 is 0. The van der Waals surface area contributed by atoms with E-state index in [0.717, 1.165) is 23.2 Å². The number of hydrazone groups is 1. The highest BCUT2D eigenvalue weighted by Gasteiger charge is 2.12. The highest BCUT2D eigenvalue weighted by atomic mass is 16.5. The molecule has 0 saturated heterocycles. The van der Waals surface area contributed by atoms with Crippen molar-refractivity contribution in [2.24, 2.45) is 5.10 Å². The fourth-order valence-electron chi connectivity index (χ4n) is 3.08. The van der Waals surface area contributed by atoms with Crippen LogP contribution in [-0.4, -0.2) is 23.8 Å². The fraction of sp³-hybridized carbons (Fsp3) is 0.200. The van der Waals surface area contributed by atoms with E-state index in [1.807, 2.05) is 18.2 Å². The minimum atomic E-state index is -0.300. The first kappa shape index (κ1) is 16.8. The first-order valence-electron chi connectivity index (χ1n) is 8.21. The minimum Gasteiger partial charge on any atom is -0.496 e. The second-order valence-corrected chi connectivity index (χ2v) is 5.66. The van der Waals surface area contributed by atoms with Crippen LogP contribution < -0.4 is 10.2 Å². The molecular weight excluding hydrogens is 314 g/mol. The summed E-state index contributed by atoms with van der Waals surface area (Å²) in [6.45, 7) is 5.06. The van der Waals surface area contributed by atoms with E-state index in [1.54, 1.807) is 31.5 Å². The molecule has 0 aliphatic carbocycles. The Bertz CT molecular complexity index is 941. The third-order valence-corrected chi connectivity index (χ3v) is 4.31. The standard InChI is InChI=1S/C20H21N3O2/c1-4-23-14(2)17(15-9-5-7-11-18(15)23)13-21-22-20(24)16-10-6-8-12-19(16)25-3/h5-13H,4H2,1-3H3,(H,22,24)/b21-13+. The number of nitrogens with one attached hydrogen (secondary N) is 1. The van der Waals surface area contributed by atoms with Crippen LogP contribution in [0.5, 0.6) is 5.75 Å². The van der Waals surface area contributed by atoms with Crippen LogP contribution in [0.15, 0.2) is 53.6 Å². The molecule has 1 aromatic heterocycles. The fourth-order valence-corrected chi connectivity index (χ4v) is 3.08. The van der Waals surface area contributed by atoms with Gasteiger partial charge in [-0.15, -0.1) is 0 Å². The zero-order valence-corrected chi connectivity index (χ0v) is 14.6. The second kappa shape index (κ2) is 7.21. The molecule has 0 aliphatic rings. The van der Waals surface area contributed by atoms with Gasteiger partial charge in [0.1, 0.15) is 5.75 Å². The predicted molar refractivity (Wildman–Crippen MR) is 100 cm³/mol. The van der Waals surface area contributed by atoms with E-state index in [2.05, 4.69) is 41.1 Å². The zero-order chi connectivity index (χ0) is 17.8. The smallest absolute Gasteiger partial charge is 0.275 e. The molecule has 0 fully saturated rings. The first-order valence-corrected chi connectivity index (χ1v) is 8.21. The molecule has 3 rings (SSSR count). The third-order valence-electron chi connectivity index (χ3n) is 4.31. The molecule has 0 saturated carbocycles. The maximum Gasteiger partial charge on any atom is 0.275 e. The lowest BCUT2D eigenvalue weighted by Crippen LogP contribution is -2.18. The zero-order valence-electron chi connectivity index (χ0n) is 14.6. The number of methoxy groups -OCH3 is 1. The van der Waals surface area contributed by atoms with Crippen molar-refractivity contribution in [2.45, 2.75) is 20.4 Å². The van der Waals surface area contributed by atoms with Crippen molar-refractivity contribution >= 4 is 23.0 Å². The Morgan fingerprint density at radius 1 is 1.20 bits per heavy atom. The molecule has 1 heterocycles. The maximum atomic E-state index is 12.3. The lowest BCUT2D eigenvalue weighted by molar-refractivity contribution is 0.0952. The van der Waals surface area contributed by atoms with Gasteiger partial charge in [-0.3, -0.25) is 4.79 Å². The quantitative estimate of drug-likeness (QED) is 0.570. The molecule has 0 radical (unpaired) electrons. The Morgan fingerprint density at radius 3 is 2.68 bits per heavy atom. The largest absolute Gasteiger partial charge is 0.496 e. The number of rotatable bonds is 5. The van der Waals surface area contributed by atoms with Gasteiger partial charge in [-0.05, 0) is 32.0 Å². The minimum absolute atomic E-state index is 0.300. The molecule has 25 heavy (non-hydrogen) atoms. The number of nitrogens with zero attached hydrogens (tertiary/aromatic N) is 2. The van der Waals surface area contributed by atoms with E-state index in [0.29, 0.717) is 11.3 Å². The van der Waals surface area contributed by atoms with Gasteiger partial charge in [0.05, 0.1) is 18.9 Å². The van der Waals surface area contributed by atoms with Gasteiger partial charge in [-0.2, -0.15) is 5.10 Å². The third kappa shape index (κ3) is 3.13. The monoisotopic (exact) mass is 335 g/mol. The molecule has 0 unspecified atom stereocenters. The Kier molecular flexibility index (Phi) is 4.84. The first-order chi connectivity index (χ1) is 12.2. The summed E-state index contributed by atoms with van der Waals surface area (Å²) in [4.78, 5) is 12.3. The number of fused-ring (bicyclic) bond motifs is 1. The van der Waals surface area contributed by atoms with E-state index in [1.165, 1.54) is 5.52 Å². The maximum absolute atomic E-state index is 12.3. The predicted octanol–water partition coefficient (Wildman–Crippen LogP) is 3.74. The van der Waals surface area contributed by atoms with E-state index in [9.17, 15) is 4.79 Å². The number of para-hydroxylation sites is 2. The molecular formula is C20H21N3O2. The van der Waals surface area contributed by atoms with Crippen molar-refractivity contribution in [1.29, 1.82) is 0 Å². The molecule has 0 aliphatic heterocycles. The van der Waals surface area contributed by atoms with Gasteiger partial charge in [-0.25, -0.2) is 5.43 Å². The molecule has 0 atom stereocenters. The van der Waals surface area contributed by atoms with E-state index in [-0.39, 0.29) is 5.91 Å². The van der Waals surface area contributed by atoms with Crippen molar-refractivity contribution in [3.05, 3.63) is 65.4 Å². The summed E-state index contributed by atoms with van der Waals surface area (Å²) in [6.07, 6.45) is 1.71. The summed E-state index contributed by atoms with van der Waals surface area (Å²) in [7, 11) is 1.54. The number of amides is 1. The van der Waals surface area contributed by atoms with Crippen LogP contribution in [0, 0.1) is 6.92 Å². The number of hydrogen-bond donors (Lipinski definition) is 1. The van der Waals surface area contributed by atoms with Crippen LogP contribution in [0.25, 0.3) is 10.9 Å². The van der Waals surface area contributed by atoms with Crippen LogP contribution in [-0.2, 0) is 6.54 Å². The highest BCUT2D eigenvalue weighted by Crippen LogP contribution is 2.24. The number of ether oxygens (including phenoxy) is 1. The second-order valence-electron chi connectivity index (χ2n) is 5.66. The van der Waals surface area contributed by atoms with Crippen LogP contribution in [0.4, 0.5) is 0 Å². The summed E-state index contributed by atoms with van der Waals surface area (Å²) in [6, 6.07) is 15.3. The number of aryl methyl sites for hydroxylation is 1. The average molecular weight is 335 g/mol. The molecule has 5 nitrogen and oxygen atoms in total. The summed E-state index contributed by atoms with van der Waals surface area (Å²) in [5.74, 6) is 0.222. The molecule has 1 N–H and O–H groups in total. The number of hydrogen-bond acceptors (Lipinski definition) is 3. The van der Waals surface area contributed by atoms with E-state index >= 15 is 0 Å². The van der Waals surface area contributed by atoms with Gasteiger partial charge in [0, 0.05) is 28.7 Å². The normalized spacial score (nSPS) is 11.2. The van der Waals surface area contributed by atoms with Gasteiger partial charge in [0.25, 0.3) is 5.91 Å². The van der Waals surface area contributed by atoms with Crippen molar-refractivity contribution in [2.75, 3.05) is 7.11 Å². The highest BCUT2D eigenvalue weighted by molar-refractivity contribution is 6.02.